The lowest BCUT2D eigenvalue weighted by Crippen LogP contribution is -2.48. The number of alkyl halides is 1. The molecule has 2 nitrogen and oxygen atoms in total. The molecule has 0 saturated heterocycles. The average Bonchev–Trinajstić information content (AvgIpc) is 2.36. The first-order chi connectivity index (χ1) is 8.08. The molecule has 0 aliphatic heterocycles. The second-order valence-corrected chi connectivity index (χ2v) is 6.24. The highest BCUT2D eigenvalue weighted by Gasteiger charge is 2.32. The van der Waals surface area contributed by atoms with Crippen LogP contribution in [0.3, 0.4) is 0 Å². The molecule has 1 rings (SSSR count). The molecule has 3 heteroatoms. The minimum atomic E-state index is -0.115. The van der Waals surface area contributed by atoms with Crippen molar-refractivity contribution in [3.8, 4) is 0 Å². The standard InChI is InChI=1S/C14H28BrNO/c1-4-14(5-2,10-15)11-16(3)12-8-6-7-9-13(12)17/h12-13,17H,4-11H2,1-3H3. The second-order valence-electron chi connectivity index (χ2n) is 5.68. The zero-order valence-electron chi connectivity index (χ0n) is 11.6. The molecule has 0 aromatic rings. The van der Waals surface area contributed by atoms with Crippen LogP contribution in [-0.4, -0.2) is 41.1 Å². The van der Waals surface area contributed by atoms with E-state index in [2.05, 4.69) is 41.7 Å². The molecule has 1 N–H and O–H groups in total. The van der Waals surface area contributed by atoms with Gasteiger partial charge in [0.05, 0.1) is 6.10 Å². The fourth-order valence-electron chi connectivity index (χ4n) is 2.96. The van der Waals surface area contributed by atoms with E-state index in [1.807, 2.05) is 0 Å². The van der Waals surface area contributed by atoms with Crippen LogP contribution in [0, 0.1) is 5.41 Å². The third kappa shape index (κ3) is 3.93. The predicted molar refractivity (Wildman–Crippen MR) is 77.7 cm³/mol. The van der Waals surface area contributed by atoms with E-state index in [4.69, 9.17) is 0 Å². The Balaban J connectivity index is 2.59. The van der Waals surface area contributed by atoms with E-state index in [1.165, 1.54) is 25.7 Å². The molecule has 0 heterocycles. The molecule has 102 valence electrons. The van der Waals surface area contributed by atoms with Crippen LogP contribution in [0.2, 0.25) is 0 Å². The molecular weight excluding hydrogens is 278 g/mol. The monoisotopic (exact) mass is 305 g/mol. The molecule has 0 aromatic heterocycles. The Morgan fingerprint density at radius 2 is 1.82 bits per heavy atom. The molecule has 0 bridgehead atoms. The molecule has 17 heavy (non-hydrogen) atoms. The van der Waals surface area contributed by atoms with Crippen molar-refractivity contribution in [2.24, 2.45) is 5.41 Å². The smallest absolute Gasteiger partial charge is 0.0695 e. The van der Waals surface area contributed by atoms with Crippen molar-refractivity contribution in [3.63, 3.8) is 0 Å². The largest absolute Gasteiger partial charge is 0.391 e. The van der Waals surface area contributed by atoms with Crippen molar-refractivity contribution in [2.75, 3.05) is 18.9 Å². The molecule has 1 aliphatic carbocycles. The van der Waals surface area contributed by atoms with Gasteiger partial charge in [0.25, 0.3) is 0 Å². The SMILES string of the molecule is CCC(CC)(CBr)CN(C)C1CCCCC1O. The van der Waals surface area contributed by atoms with Crippen molar-refractivity contribution in [1.29, 1.82) is 0 Å². The Morgan fingerprint density at radius 3 is 2.29 bits per heavy atom. The Labute approximate surface area is 115 Å². The number of aliphatic hydroxyl groups is 1. The second kappa shape index (κ2) is 7.10. The molecule has 1 fully saturated rings. The van der Waals surface area contributed by atoms with Gasteiger partial charge in [0.15, 0.2) is 0 Å². The van der Waals surface area contributed by atoms with Crippen molar-refractivity contribution < 1.29 is 5.11 Å². The topological polar surface area (TPSA) is 23.5 Å². The van der Waals surface area contributed by atoms with Gasteiger partial charge in [0.1, 0.15) is 0 Å². The Morgan fingerprint density at radius 1 is 1.24 bits per heavy atom. The quantitative estimate of drug-likeness (QED) is 0.760. The van der Waals surface area contributed by atoms with Crippen LogP contribution in [0.15, 0.2) is 0 Å². The zero-order valence-corrected chi connectivity index (χ0v) is 13.2. The van der Waals surface area contributed by atoms with Gasteiger partial charge < -0.3 is 10.0 Å². The van der Waals surface area contributed by atoms with Crippen LogP contribution < -0.4 is 0 Å². The molecular formula is C14H28BrNO. The Kier molecular flexibility index (Phi) is 6.46. The van der Waals surface area contributed by atoms with E-state index >= 15 is 0 Å². The van der Waals surface area contributed by atoms with E-state index in [9.17, 15) is 5.11 Å². The van der Waals surface area contributed by atoms with Crippen LogP contribution in [0.5, 0.6) is 0 Å². The lowest BCUT2D eigenvalue weighted by Gasteiger charge is -2.41. The van der Waals surface area contributed by atoms with E-state index in [0.717, 1.165) is 24.7 Å². The highest BCUT2D eigenvalue weighted by molar-refractivity contribution is 9.09. The summed E-state index contributed by atoms with van der Waals surface area (Å²) >= 11 is 3.67. The third-order valence-corrected chi connectivity index (χ3v) is 5.82. The number of likely N-dealkylation sites (N-methyl/N-ethyl adjacent to an activating group) is 1. The fourth-order valence-corrected chi connectivity index (χ4v) is 3.93. The van der Waals surface area contributed by atoms with Gasteiger partial charge in [-0.15, -0.1) is 0 Å². The molecule has 0 aromatic carbocycles. The van der Waals surface area contributed by atoms with Crippen LogP contribution in [0.1, 0.15) is 52.4 Å². The van der Waals surface area contributed by atoms with Crippen molar-refractivity contribution in [1.82, 2.24) is 4.90 Å². The highest BCUT2D eigenvalue weighted by atomic mass is 79.9. The van der Waals surface area contributed by atoms with Crippen LogP contribution in [0.4, 0.5) is 0 Å². The molecule has 2 atom stereocenters. The minimum Gasteiger partial charge on any atom is -0.391 e. The Bertz CT molecular complexity index is 210. The van der Waals surface area contributed by atoms with Crippen molar-refractivity contribution in [3.05, 3.63) is 0 Å². The molecule has 2 unspecified atom stereocenters. The predicted octanol–water partition coefficient (Wildman–Crippen LogP) is 3.42. The lowest BCUT2D eigenvalue weighted by molar-refractivity contribution is 0.0143. The molecule has 1 saturated carbocycles. The van der Waals surface area contributed by atoms with E-state index in [0.29, 0.717) is 11.5 Å². The first kappa shape index (κ1) is 15.5. The summed E-state index contributed by atoms with van der Waals surface area (Å²) in [6.45, 7) is 5.64. The zero-order chi connectivity index (χ0) is 12.9. The molecule has 1 aliphatic rings. The van der Waals surface area contributed by atoms with Gasteiger partial charge in [-0.25, -0.2) is 0 Å². The number of hydrogen-bond acceptors (Lipinski definition) is 2. The highest BCUT2D eigenvalue weighted by Crippen LogP contribution is 2.32. The van der Waals surface area contributed by atoms with Crippen LogP contribution in [-0.2, 0) is 0 Å². The number of hydrogen-bond donors (Lipinski definition) is 1. The number of nitrogens with zero attached hydrogens (tertiary/aromatic N) is 1. The minimum absolute atomic E-state index is 0.115. The van der Waals surface area contributed by atoms with Gasteiger partial charge in [0, 0.05) is 17.9 Å². The first-order valence-corrected chi connectivity index (χ1v) is 8.15. The molecule has 0 amide bonds. The summed E-state index contributed by atoms with van der Waals surface area (Å²) in [4.78, 5) is 2.40. The normalized spacial score (nSPS) is 26.5. The van der Waals surface area contributed by atoms with Crippen molar-refractivity contribution >= 4 is 15.9 Å². The number of halogens is 1. The van der Waals surface area contributed by atoms with Gasteiger partial charge >= 0.3 is 0 Å². The summed E-state index contributed by atoms with van der Waals surface area (Å²) in [7, 11) is 2.18. The summed E-state index contributed by atoms with van der Waals surface area (Å²) in [5.74, 6) is 0. The van der Waals surface area contributed by atoms with E-state index < -0.39 is 0 Å². The summed E-state index contributed by atoms with van der Waals surface area (Å²) in [6.07, 6.45) is 6.87. The Hall–Kier alpha value is 0.400. The van der Waals surface area contributed by atoms with Gasteiger partial charge in [-0.05, 0) is 38.1 Å². The van der Waals surface area contributed by atoms with Crippen LogP contribution in [0.25, 0.3) is 0 Å². The van der Waals surface area contributed by atoms with Gasteiger partial charge in [0.2, 0.25) is 0 Å². The summed E-state index contributed by atoms with van der Waals surface area (Å²) in [5, 5.41) is 11.2. The summed E-state index contributed by atoms with van der Waals surface area (Å²) < 4.78 is 0. The average molecular weight is 306 g/mol. The lowest BCUT2D eigenvalue weighted by atomic mass is 9.82. The van der Waals surface area contributed by atoms with Crippen LogP contribution >= 0.6 is 15.9 Å². The van der Waals surface area contributed by atoms with Crippen molar-refractivity contribution in [2.45, 2.75) is 64.5 Å². The summed E-state index contributed by atoms with van der Waals surface area (Å²) in [5.41, 5.74) is 0.367. The molecule has 0 spiro atoms. The first-order valence-electron chi connectivity index (χ1n) is 7.03. The van der Waals surface area contributed by atoms with E-state index in [1.54, 1.807) is 0 Å². The molecule has 0 radical (unpaired) electrons. The summed E-state index contributed by atoms with van der Waals surface area (Å²) in [6, 6.07) is 0.375. The third-order valence-electron chi connectivity index (χ3n) is 4.63. The van der Waals surface area contributed by atoms with Gasteiger partial charge in [-0.1, -0.05) is 42.6 Å². The van der Waals surface area contributed by atoms with Gasteiger partial charge in [-0.3, -0.25) is 0 Å². The van der Waals surface area contributed by atoms with Gasteiger partial charge in [-0.2, -0.15) is 0 Å². The maximum atomic E-state index is 10.1. The number of rotatable bonds is 6. The maximum Gasteiger partial charge on any atom is 0.0695 e. The fraction of sp³-hybridized carbons (Fsp3) is 1.00. The maximum absolute atomic E-state index is 10.1. The number of aliphatic hydroxyl groups excluding tert-OH is 1. The van der Waals surface area contributed by atoms with E-state index in [-0.39, 0.29) is 6.10 Å².